The maximum absolute atomic E-state index is 11.4. The molecule has 1 nitrogen and oxygen atoms in total. The van der Waals surface area contributed by atoms with Crippen LogP contribution in [-0.4, -0.2) is 12.0 Å². The van der Waals surface area contributed by atoms with Crippen molar-refractivity contribution in [2.75, 3.05) is 0 Å². The van der Waals surface area contributed by atoms with Crippen molar-refractivity contribution in [3.63, 3.8) is 0 Å². The first-order chi connectivity index (χ1) is 4.33. The summed E-state index contributed by atoms with van der Waals surface area (Å²) in [4.78, 5) is 10.3. The number of ketones is 1. The van der Waals surface area contributed by atoms with Gasteiger partial charge in [-0.3, -0.25) is 4.79 Å². The predicted molar refractivity (Wildman–Crippen MR) is 30.5 cm³/mol. The lowest BCUT2D eigenvalue weighted by Gasteiger charge is -2.03. The van der Waals surface area contributed by atoms with Crippen LogP contribution in [0, 0.1) is 0 Å². The second-order valence-corrected chi connectivity index (χ2v) is 2.00. The minimum atomic E-state index is -4.41. The average molecular weight is 152 g/mol. The van der Waals surface area contributed by atoms with Gasteiger partial charge in [0.25, 0.3) is 0 Å². The largest absolute Gasteiger partial charge is 0.396 e. The highest BCUT2D eigenvalue weighted by atomic mass is 19.4. The number of carbonyl (C=O) groups excluding carboxylic acids is 1. The number of carbonyl (C=O) groups is 1. The van der Waals surface area contributed by atoms with Crippen LogP contribution in [0.1, 0.15) is 13.3 Å². The van der Waals surface area contributed by atoms with Gasteiger partial charge in [-0.1, -0.05) is 6.58 Å². The number of Topliss-reactive ketones (excluding diaryl/α,β-unsaturated/α-hetero) is 1. The third-order valence-corrected chi connectivity index (χ3v) is 0.837. The van der Waals surface area contributed by atoms with Gasteiger partial charge in [0.15, 0.2) is 5.78 Å². The molecule has 0 aromatic rings. The van der Waals surface area contributed by atoms with Crippen LogP contribution in [0.15, 0.2) is 12.2 Å². The van der Waals surface area contributed by atoms with Gasteiger partial charge in [0.1, 0.15) is 6.42 Å². The lowest BCUT2D eigenvalue weighted by molar-refractivity contribution is -0.149. The summed E-state index contributed by atoms with van der Waals surface area (Å²) in [6.45, 7) is 4.35. The fourth-order valence-electron chi connectivity index (χ4n) is 0.333. The van der Waals surface area contributed by atoms with Crippen molar-refractivity contribution in [1.29, 1.82) is 0 Å². The molecule has 0 rings (SSSR count). The second-order valence-electron chi connectivity index (χ2n) is 2.00. The molecule has 0 aliphatic carbocycles. The highest BCUT2D eigenvalue weighted by molar-refractivity contribution is 5.94. The van der Waals surface area contributed by atoms with Gasteiger partial charge in [0.2, 0.25) is 0 Å². The molecule has 0 bridgehead atoms. The van der Waals surface area contributed by atoms with Crippen molar-refractivity contribution in [3.05, 3.63) is 12.2 Å². The minimum absolute atomic E-state index is 0.0580. The molecule has 0 N–H and O–H groups in total. The molecule has 10 heavy (non-hydrogen) atoms. The van der Waals surface area contributed by atoms with Gasteiger partial charge in [0, 0.05) is 0 Å². The first-order valence-corrected chi connectivity index (χ1v) is 2.58. The number of rotatable bonds is 2. The molecule has 0 unspecified atom stereocenters. The van der Waals surface area contributed by atoms with Gasteiger partial charge < -0.3 is 0 Å². The second kappa shape index (κ2) is 2.86. The molecule has 58 valence electrons. The summed E-state index contributed by atoms with van der Waals surface area (Å²) in [7, 11) is 0. The summed E-state index contributed by atoms with van der Waals surface area (Å²) >= 11 is 0. The Labute approximate surface area is 56.5 Å². The molecule has 0 spiro atoms. The van der Waals surface area contributed by atoms with Crippen molar-refractivity contribution < 1.29 is 18.0 Å². The molecule has 0 radical (unpaired) electrons. The summed E-state index contributed by atoms with van der Waals surface area (Å²) in [5.74, 6) is -0.951. The van der Waals surface area contributed by atoms with Crippen LogP contribution < -0.4 is 0 Å². The minimum Gasteiger partial charge on any atom is -0.294 e. The number of hydrogen-bond donors (Lipinski definition) is 0. The molecular formula is C6H7F3O. The Kier molecular flexibility index (Phi) is 2.63. The van der Waals surface area contributed by atoms with E-state index in [1.165, 1.54) is 6.92 Å². The van der Waals surface area contributed by atoms with E-state index in [0.29, 0.717) is 0 Å². The summed E-state index contributed by atoms with van der Waals surface area (Å²) < 4.78 is 34.2. The Balaban J connectivity index is 3.93. The number of hydrogen-bond acceptors (Lipinski definition) is 1. The smallest absolute Gasteiger partial charge is 0.294 e. The van der Waals surface area contributed by atoms with E-state index in [4.69, 9.17) is 0 Å². The Hall–Kier alpha value is -0.800. The molecule has 0 heterocycles. The van der Waals surface area contributed by atoms with Crippen molar-refractivity contribution in [2.45, 2.75) is 19.5 Å². The van der Waals surface area contributed by atoms with Crippen LogP contribution in [0.2, 0.25) is 0 Å². The Bertz CT molecular complexity index is 157. The van der Waals surface area contributed by atoms with Crippen molar-refractivity contribution in [1.82, 2.24) is 0 Å². The van der Waals surface area contributed by atoms with E-state index in [9.17, 15) is 18.0 Å². The maximum atomic E-state index is 11.4. The molecule has 0 atom stereocenters. The summed E-state index contributed by atoms with van der Waals surface area (Å²) in [6.07, 6.45) is -5.81. The molecule has 0 saturated carbocycles. The first-order valence-electron chi connectivity index (χ1n) is 2.58. The zero-order valence-corrected chi connectivity index (χ0v) is 5.46. The van der Waals surface area contributed by atoms with Gasteiger partial charge in [-0.15, -0.1) is 0 Å². The van der Waals surface area contributed by atoms with E-state index in [-0.39, 0.29) is 5.57 Å². The highest BCUT2D eigenvalue weighted by Crippen LogP contribution is 2.20. The van der Waals surface area contributed by atoms with Crippen LogP contribution in [0.4, 0.5) is 13.2 Å². The van der Waals surface area contributed by atoms with Crippen LogP contribution >= 0.6 is 0 Å². The molecule has 0 aliphatic rings. The topological polar surface area (TPSA) is 17.1 Å². The Morgan fingerprint density at radius 1 is 1.50 bits per heavy atom. The van der Waals surface area contributed by atoms with Crippen LogP contribution in [0.3, 0.4) is 0 Å². The normalized spacial score (nSPS) is 11.2. The van der Waals surface area contributed by atoms with E-state index in [2.05, 4.69) is 6.58 Å². The lowest BCUT2D eigenvalue weighted by Crippen LogP contribution is -2.14. The average Bonchev–Trinajstić information content (AvgIpc) is 1.60. The number of allylic oxidation sites excluding steroid dienone is 1. The van der Waals surface area contributed by atoms with E-state index in [1.54, 1.807) is 0 Å². The molecular weight excluding hydrogens is 145 g/mol. The maximum Gasteiger partial charge on any atom is 0.396 e. The van der Waals surface area contributed by atoms with E-state index in [0.717, 1.165) is 0 Å². The lowest BCUT2D eigenvalue weighted by atomic mass is 10.2. The van der Waals surface area contributed by atoms with Gasteiger partial charge in [-0.2, -0.15) is 13.2 Å². The third-order valence-electron chi connectivity index (χ3n) is 0.837. The Morgan fingerprint density at radius 2 is 1.90 bits per heavy atom. The monoisotopic (exact) mass is 152 g/mol. The van der Waals surface area contributed by atoms with Crippen molar-refractivity contribution >= 4 is 5.78 Å². The fraction of sp³-hybridized carbons (Fsp3) is 0.500. The summed E-state index contributed by atoms with van der Waals surface area (Å²) in [5, 5.41) is 0. The third kappa shape index (κ3) is 4.12. The summed E-state index contributed by atoms with van der Waals surface area (Å²) in [5.41, 5.74) is -0.0580. The summed E-state index contributed by atoms with van der Waals surface area (Å²) in [6, 6.07) is 0. The fourth-order valence-corrected chi connectivity index (χ4v) is 0.333. The quantitative estimate of drug-likeness (QED) is 0.553. The van der Waals surface area contributed by atoms with Gasteiger partial charge in [-0.25, -0.2) is 0 Å². The van der Waals surface area contributed by atoms with Crippen molar-refractivity contribution in [3.8, 4) is 0 Å². The SMILES string of the molecule is C=C(C)C(=O)CC(F)(F)F. The molecule has 0 aliphatic heterocycles. The molecule has 0 saturated heterocycles. The molecule has 0 amide bonds. The standard InChI is InChI=1S/C6H7F3O/c1-4(2)5(10)3-6(7,8)9/h1,3H2,2H3. The van der Waals surface area contributed by atoms with E-state index in [1.807, 2.05) is 0 Å². The van der Waals surface area contributed by atoms with Crippen LogP contribution in [0.25, 0.3) is 0 Å². The number of halogens is 3. The predicted octanol–water partition coefficient (Wildman–Crippen LogP) is 2.08. The molecule has 0 aromatic heterocycles. The van der Waals surface area contributed by atoms with Crippen LogP contribution in [0.5, 0.6) is 0 Å². The van der Waals surface area contributed by atoms with Gasteiger partial charge in [0.05, 0.1) is 0 Å². The van der Waals surface area contributed by atoms with Crippen LogP contribution in [-0.2, 0) is 4.79 Å². The molecule has 4 heteroatoms. The zero-order valence-electron chi connectivity index (χ0n) is 5.46. The Morgan fingerprint density at radius 3 is 2.00 bits per heavy atom. The molecule has 0 fully saturated rings. The molecule has 0 aromatic carbocycles. The number of alkyl halides is 3. The van der Waals surface area contributed by atoms with Gasteiger partial charge >= 0.3 is 6.18 Å². The first kappa shape index (κ1) is 9.20. The highest BCUT2D eigenvalue weighted by Gasteiger charge is 2.30. The van der Waals surface area contributed by atoms with E-state index >= 15 is 0 Å². The van der Waals surface area contributed by atoms with Crippen molar-refractivity contribution in [2.24, 2.45) is 0 Å². The van der Waals surface area contributed by atoms with E-state index < -0.39 is 18.4 Å². The zero-order chi connectivity index (χ0) is 8.36. The van der Waals surface area contributed by atoms with Gasteiger partial charge in [-0.05, 0) is 12.5 Å².